The SMILES string of the molecule is CCOC(=O)C(C#N)=C1C=C(C)N(N2CCOCC2)C(C)=C1. The van der Waals surface area contributed by atoms with Crippen LogP contribution in [0.2, 0.25) is 0 Å². The molecule has 0 aliphatic carbocycles. The minimum Gasteiger partial charge on any atom is -0.462 e. The molecule has 118 valence electrons. The zero-order valence-electron chi connectivity index (χ0n) is 13.3. The summed E-state index contributed by atoms with van der Waals surface area (Å²) in [4.78, 5) is 11.9. The van der Waals surface area contributed by atoms with Crippen molar-refractivity contribution in [3.05, 3.63) is 34.7 Å². The van der Waals surface area contributed by atoms with E-state index in [-0.39, 0.29) is 12.2 Å². The molecule has 0 spiro atoms. The normalized spacial score (nSPS) is 19.2. The fourth-order valence-electron chi connectivity index (χ4n) is 2.67. The monoisotopic (exact) mass is 303 g/mol. The average Bonchev–Trinajstić information content (AvgIpc) is 2.48. The maximum absolute atomic E-state index is 11.9. The molecule has 0 atom stereocenters. The Balaban J connectivity index is 2.30. The number of nitrogens with zero attached hydrogens (tertiary/aromatic N) is 3. The predicted molar refractivity (Wildman–Crippen MR) is 81.0 cm³/mol. The van der Waals surface area contributed by atoms with Crippen molar-refractivity contribution in [3.63, 3.8) is 0 Å². The van der Waals surface area contributed by atoms with Gasteiger partial charge in [0.1, 0.15) is 11.6 Å². The van der Waals surface area contributed by atoms with Gasteiger partial charge in [-0.25, -0.2) is 9.80 Å². The minimum absolute atomic E-state index is 0.0437. The summed E-state index contributed by atoms with van der Waals surface area (Å²) < 4.78 is 10.3. The fraction of sp³-hybridized carbons (Fsp3) is 0.500. The Hall–Kier alpha value is -2.10. The third-order valence-corrected chi connectivity index (χ3v) is 3.55. The van der Waals surface area contributed by atoms with E-state index in [9.17, 15) is 10.1 Å². The molecule has 0 saturated carbocycles. The average molecular weight is 303 g/mol. The lowest BCUT2D eigenvalue weighted by Gasteiger charge is -2.41. The summed E-state index contributed by atoms with van der Waals surface area (Å²) in [5.41, 5.74) is 2.57. The number of hydrogen-bond acceptors (Lipinski definition) is 6. The number of rotatable bonds is 3. The van der Waals surface area contributed by atoms with Crippen LogP contribution in [0.4, 0.5) is 0 Å². The summed E-state index contributed by atoms with van der Waals surface area (Å²) in [7, 11) is 0. The van der Waals surface area contributed by atoms with Crippen molar-refractivity contribution >= 4 is 5.97 Å². The van der Waals surface area contributed by atoms with Crippen LogP contribution in [0.3, 0.4) is 0 Å². The van der Waals surface area contributed by atoms with Gasteiger partial charge >= 0.3 is 5.97 Å². The maximum Gasteiger partial charge on any atom is 0.349 e. The Morgan fingerprint density at radius 2 is 1.91 bits per heavy atom. The van der Waals surface area contributed by atoms with Crippen molar-refractivity contribution in [3.8, 4) is 6.07 Å². The highest BCUT2D eigenvalue weighted by molar-refractivity contribution is 5.95. The van der Waals surface area contributed by atoms with Gasteiger partial charge in [-0.05, 0) is 32.9 Å². The van der Waals surface area contributed by atoms with Crippen LogP contribution in [-0.2, 0) is 14.3 Å². The Labute approximate surface area is 130 Å². The molecule has 22 heavy (non-hydrogen) atoms. The molecule has 0 aromatic carbocycles. The Kier molecular flexibility index (Phi) is 5.36. The molecule has 1 fully saturated rings. The summed E-state index contributed by atoms with van der Waals surface area (Å²) in [5.74, 6) is -0.576. The van der Waals surface area contributed by atoms with Gasteiger partial charge in [0.05, 0.1) is 19.8 Å². The van der Waals surface area contributed by atoms with Gasteiger partial charge in [0.25, 0.3) is 0 Å². The molecule has 1 saturated heterocycles. The number of nitriles is 1. The third-order valence-electron chi connectivity index (χ3n) is 3.55. The molecular weight excluding hydrogens is 282 g/mol. The van der Waals surface area contributed by atoms with E-state index in [1.165, 1.54) is 0 Å². The fourth-order valence-corrected chi connectivity index (χ4v) is 2.67. The van der Waals surface area contributed by atoms with Gasteiger partial charge in [-0.3, -0.25) is 5.01 Å². The van der Waals surface area contributed by atoms with E-state index >= 15 is 0 Å². The lowest BCUT2D eigenvalue weighted by Crippen LogP contribution is -2.47. The van der Waals surface area contributed by atoms with Gasteiger partial charge in [0, 0.05) is 30.1 Å². The highest BCUT2D eigenvalue weighted by atomic mass is 16.5. The molecule has 0 radical (unpaired) electrons. The summed E-state index contributed by atoms with van der Waals surface area (Å²) in [6, 6.07) is 1.96. The van der Waals surface area contributed by atoms with Gasteiger partial charge in [-0.2, -0.15) is 5.26 Å². The van der Waals surface area contributed by atoms with Crippen LogP contribution >= 0.6 is 0 Å². The summed E-state index contributed by atoms with van der Waals surface area (Å²) in [6.07, 6.45) is 3.69. The van der Waals surface area contributed by atoms with E-state index in [0.29, 0.717) is 18.8 Å². The van der Waals surface area contributed by atoms with E-state index in [1.807, 2.05) is 32.1 Å². The molecule has 0 amide bonds. The van der Waals surface area contributed by atoms with Crippen LogP contribution in [-0.4, -0.2) is 48.9 Å². The number of allylic oxidation sites excluding steroid dienone is 5. The van der Waals surface area contributed by atoms with Gasteiger partial charge in [-0.15, -0.1) is 0 Å². The molecule has 2 heterocycles. The number of morpholine rings is 1. The first-order valence-electron chi connectivity index (χ1n) is 7.39. The molecule has 0 N–H and O–H groups in total. The smallest absolute Gasteiger partial charge is 0.349 e. The molecule has 0 unspecified atom stereocenters. The third kappa shape index (κ3) is 3.38. The van der Waals surface area contributed by atoms with Crippen molar-refractivity contribution in [2.45, 2.75) is 20.8 Å². The van der Waals surface area contributed by atoms with Crippen LogP contribution in [0, 0.1) is 11.3 Å². The molecule has 2 aliphatic rings. The highest BCUT2D eigenvalue weighted by Gasteiger charge is 2.25. The molecule has 0 aromatic heterocycles. The Bertz CT molecular complexity index is 556. The Morgan fingerprint density at radius 3 is 2.41 bits per heavy atom. The second-order valence-corrected chi connectivity index (χ2v) is 5.11. The van der Waals surface area contributed by atoms with Crippen molar-refractivity contribution in [1.82, 2.24) is 10.0 Å². The summed E-state index contributed by atoms with van der Waals surface area (Å²) in [5, 5.41) is 13.6. The van der Waals surface area contributed by atoms with Gasteiger partial charge in [0.15, 0.2) is 0 Å². The van der Waals surface area contributed by atoms with Gasteiger partial charge in [0.2, 0.25) is 0 Å². The first-order valence-corrected chi connectivity index (χ1v) is 7.39. The van der Waals surface area contributed by atoms with Crippen molar-refractivity contribution < 1.29 is 14.3 Å². The molecular formula is C16H21N3O3. The maximum atomic E-state index is 11.9. The number of hydrazine groups is 1. The van der Waals surface area contributed by atoms with E-state index in [1.54, 1.807) is 6.92 Å². The van der Waals surface area contributed by atoms with Crippen LogP contribution in [0.25, 0.3) is 0 Å². The number of carbonyl (C=O) groups excluding carboxylic acids is 1. The molecule has 2 aliphatic heterocycles. The van der Waals surface area contributed by atoms with Crippen LogP contribution in [0.15, 0.2) is 34.7 Å². The second kappa shape index (κ2) is 7.25. The molecule has 2 rings (SSSR count). The van der Waals surface area contributed by atoms with Crippen molar-refractivity contribution in [2.75, 3.05) is 32.9 Å². The standard InChI is InChI=1S/C16H21N3O3/c1-4-22-16(20)15(11-17)14-9-12(2)19(13(3)10-14)18-5-7-21-8-6-18/h9-10H,4-8H2,1-3H3. The number of ether oxygens (including phenoxy) is 2. The topological polar surface area (TPSA) is 65.8 Å². The van der Waals surface area contributed by atoms with Crippen molar-refractivity contribution in [1.29, 1.82) is 5.26 Å². The number of esters is 1. The van der Waals surface area contributed by atoms with E-state index < -0.39 is 5.97 Å². The molecule has 0 bridgehead atoms. The van der Waals surface area contributed by atoms with Gasteiger partial charge in [-0.1, -0.05) is 0 Å². The molecule has 6 nitrogen and oxygen atoms in total. The zero-order chi connectivity index (χ0) is 16.1. The van der Waals surface area contributed by atoms with E-state index in [0.717, 1.165) is 24.5 Å². The first-order chi connectivity index (χ1) is 10.6. The minimum atomic E-state index is -0.576. The lowest BCUT2D eigenvalue weighted by molar-refractivity contribution is -0.138. The molecule has 6 heteroatoms. The first kappa shape index (κ1) is 16.3. The van der Waals surface area contributed by atoms with Crippen LogP contribution < -0.4 is 0 Å². The predicted octanol–water partition coefficient (Wildman–Crippen LogP) is 1.74. The van der Waals surface area contributed by atoms with E-state index in [2.05, 4.69) is 10.0 Å². The Morgan fingerprint density at radius 1 is 1.32 bits per heavy atom. The lowest BCUT2D eigenvalue weighted by atomic mass is 10.0. The number of hydrogen-bond donors (Lipinski definition) is 0. The highest BCUT2D eigenvalue weighted by Crippen LogP contribution is 2.27. The van der Waals surface area contributed by atoms with Crippen LogP contribution in [0.1, 0.15) is 20.8 Å². The largest absolute Gasteiger partial charge is 0.462 e. The molecule has 0 aromatic rings. The van der Waals surface area contributed by atoms with Crippen LogP contribution in [0.5, 0.6) is 0 Å². The van der Waals surface area contributed by atoms with Crippen molar-refractivity contribution in [2.24, 2.45) is 0 Å². The zero-order valence-corrected chi connectivity index (χ0v) is 13.3. The second-order valence-electron chi connectivity index (χ2n) is 5.11. The number of carbonyl (C=O) groups is 1. The summed E-state index contributed by atoms with van der Waals surface area (Å²) >= 11 is 0. The quantitative estimate of drug-likeness (QED) is 0.449. The van der Waals surface area contributed by atoms with E-state index in [4.69, 9.17) is 9.47 Å². The van der Waals surface area contributed by atoms with Gasteiger partial charge < -0.3 is 9.47 Å². The summed E-state index contributed by atoms with van der Waals surface area (Å²) in [6.45, 7) is 8.94.